The van der Waals surface area contributed by atoms with E-state index in [1.54, 1.807) is 0 Å². The highest BCUT2D eigenvalue weighted by Crippen LogP contribution is 2.16. The molecule has 0 aromatic heterocycles. The van der Waals surface area contributed by atoms with E-state index < -0.39 is 24.8 Å². The van der Waals surface area contributed by atoms with Crippen LogP contribution >= 0.6 is 0 Å². The van der Waals surface area contributed by atoms with Gasteiger partial charge in [-0.25, -0.2) is 0 Å². The van der Waals surface area contributed by atoms with Crippen molar-refractivity contribution in [3.63, 3.8) is 0 Å². The molecule has 0 saturated heterocycles. The second kappa shape index (κ2) is 32.7. The fraction of sp³-hybridized carbons (Fsp3) is 0.892. The average molecular weight is 595 g/mol. The van der Waals surface area contributed by atoms with Crippen LogP contribution in [0.4, 0.5) is 0 Å². The van der Waals surface area contributed by atoms with Crippen LogP contribution in [0, 0.1) is 0 Å². The Kier molecular flexibility index (Phi) is 31.8. The molecule has 0 saturated carbocycles. The maximum Gasteiger partial charge on any atom is 0.306 e. The van der Waals surface area contributed by atoms with Gasteiger partial charge in [0.2, 0.25) is 0 Å². The van der Waals surface area contributed by atoms with Crippen LogP contribution in [-0.4, -0.2) is 40.8 Å². The monoisotopic (exact) mass is 595 g/mol. The Balaban J connectivity index is 3.82. The zero-order valence-corrected chi connectivity index (χ0v) is 27.9. The Morgan fingerprint density at radius 2 is 0.905 bits per heavy atom. The van der Waals surface area contributed by atoms with Crippen LogP contribution in [0.3, 0.4) is 0 Å². The first-order valence-corrected chi connectivity index (χ1v) is 18.2. The Hall–Kier alpha value is -1.20. The molecule has 5 nitrogen and oxygen atoms in total. The molecule has 5 heteroatoms. The second-order valence-corrected chi connectivity index (χ2v) is 12.5. The van der Waals surface area contributed by atoms with Gasteiger partial charge in [-0.3, -0.25) is 9.59 Å². The van der Waals surface area contributed by atoms with Crippen molar-refractivity contribution in [2.45, 2.75) is 206 Å². The third-order valence-corrected chi connectivity index (χ3v) is 8.28. The molecule has 248 valence electrons. The van der Waals surface area contributed by atoms with Crippen LogP contribution in [0.2, 0.25) is 0 Å². The summed E-state index contributed by atoms with van der Waals surface area (Å²) in [7, 11) is 0. The Labute approximate surface area is 260 Å². The highest BCUT2D eigenvalue weighted by Gasteiger charge is 2.29. The van der Waals surface area contributed by atoms with E-state index in [1.807, 2.05) is 0 Å². The number of ether oxygens (including phenoxy) is 1. The number of esters is 1. The van der Waals surface area contributed by atoms with Crippen LogP contribution in [-0.2, 0) is 14.3 Å². The summed E-state index contributed by atoms with van der Waals surface area (Å²) in [6.45, 7) is 3.92. The third-order valence-electron chi connectivity index (χ3n) is 8.28. The summed E-state index contributed by atoms with van der Waals surface area (Å²) in [4.78, 5) is 25.0. The van der Waals surface area contributed by atoms with Crippen LogP contribution in [0.25, 0.3) is 0 Å². The predicted molar refractivity (Wildman–Crippen MR) is 178 cm³/mol. The van der Waals surface area contributed by atoms with Crippen LogP contribution in [0.5, 0.6) is 0 Å². The topological polar surface area (TPSA) is 83.8 Å². The maximum absolute atomic E-state index is 12.6. The Morgan fingerprint density at radius 1 is 0.548 bits per heavy atom. The lowest BCUT2D eigenvalue weighted by Gasteiger charge is -2.20. The number of aliphatic hydroxyl groups is 2. The van der Waals surface area contributed by atoms with E-state index in [4.69, 9.17) is 4.74 Å². The first-order valence-electron chi connectivity index (χ1n) is 18.2. The summed E-state index contributed by atoms with van der Waals surface area (Å²) >= 11 is 0. The minimum Gasteiger partial charge on any atom is -0.451 e. The average Bonchev–Trinajstić information content (AvgIpc) is 2.99. The minimum absolute atomic E-state index is 0.249. The molecule has 0 heterocycles. The quantitative estimate of drug-likeness (QED) is 0.0448. The standard InChI is InChI=1S/C37H70O5/c1-3-5-7-9-11-13-15-17-18-20-22-24-26-28-30-32-36(41)42-37(35(40)33-38)34(39)31-29-27-25-23-21-19-16-14-12-10-8-6-4-2/h17-18,35,37-38,40H,3-16,19-33H2,1-2H3. The summed E-state index contributed by atoms with van der Waals surface area (Å²) in [5.74, 6) is -0.735. The number of allylic oxidation sites excluding steroid dienone is 2. The molecule has 0 aliphatic rings. The molecule has 0 aliphatic carbocycles. The van der Waals surface area contributed by atoms with Gasteiger partial charge in [0.1, 0.15) is 6.10 Å². The summed E-state index contributed by atoms with van der Waals surface area (Å²) in [5, 5.41) is 19.5. The minimum atomic E-state index is -1.35. The van der Waals surface area contributed by atoms with E-state index in [-0.39, 0.29) is 18.6 Å². The molecule has 2 unspecified atom stereocenters. The van der Waals surface area contributed by atoms with E-state index in [9.17, 15) is 19.8 Å². The van der Waals surface area contributed by atoms with E-state index in [0.717, 1.165) is 51.4 Å². The number of carbonyl (C=O) groups excluding carboxylic acids is 2. The predicted octanol–water partition coefficient (Wildman–Crippen LogP) is 10.3. The van der Waals surface area contributed by atoms with Gasteiger partial charge >= 0.3 is 5.97 Å². The SMILES string of the molecule is CCCCCCCCC=CCCCCCCCC(=O)OC(C(=O)CCCCCCCCCCCCCCC)C(O)CO. The van der Waals surface area contributed by atoms with Gasteiger partial charge in [0, 0.05) is 12.8 Å². The molecule has 0 aromatic carbocycles. The highest BCUT2D eigenvalue weighted by atomic mass is 16.6. The van der Waals surface area contributed by atoms with Crippen molar-refractivity contribution in [3.8, 4) is 0 Å². The fourth-order valence-electron chi connectivity index (χ4n) is 5.45. The van der Waals surface area contributed by atoms with Crippen molar-refractivity contribution in [1.29, 1.82) is 0 Å². The van der Waals surface area contributed by atoms with Gasteiger partial charge in [0.25, 0.3) is 0 Å². The first kappa shape index (κ1) is 40.8. The lowest BCUT2D eigenvalue weighted by molar-refractivity contribution is -0.163. The smallest absolute Gasteiger partial charge is 0.306 e. The zero-order chi connectivity index (χ0) is 30.9. The molecule has 0 amide bonds. The molecule has 2 N–H and O–H groups in total. The fourth-order valence-corrected chi connectivity index (χ4v) is 5.45. The number of rotatable bonds is 33. The molecule has 0 rings (SSSR count). The van der Waals surface area contributed by atoms with Crippen molar-refractivity contribution in [2.24, 2.45) is 0 Å². The van der Waals surface area contributed by atoms with Gasteiger partial charge in [-0.05, 0) is 38.5 Å². The molecular weight excluding hydrogens is 524 g/mol. The van der Waals surface area contributed by atoms with Gasteiger partial charge in [0.05, 0.1) is 6.61 Å². The van der Waals surface area contributed by atoms with Crippen molar-refractivity contribution in [1.82, 2.24) is 0 Å². The Bertz CT molecular complexity index is 617. The molecule has 0 aromatic rings. The first-order chi connectivity index (χ1) is 20.6. The Morgan fingerprint density at radius 3 is 1.31 bits per heavy atom. The summed E-state index contributed by atoms with van der Waals surface area (Å²) in [6, 6.07) is 0. The number of aliphatic hydroxyl groups excluding tert-OH is 2. The van der Waals surface area contributed by atoms with Crippen LogP contribution < -0.4 is 0 Å². The van der Waals surface area contributed by atoms with E-state index >= 15 is 0 Å². The summed E-state index contributed by atoms with van der Waals surface area (Å²) in [5.41, 5.74) is 0. The molecule has 0 radical (unpaired) electrons. The molecule has 42 heavy (non-hydrogen) atoms. The summed E-state index contributed by atoms with van der Waals surface area (Å²) < 4.78 is 5.34. The van der Waals surface area contributed by atoms with Crippen molar-refractivity contribution in [3.05, 3.63) is 12.2 Å². The van der Waals surface area contributed by atoms with Crippen molar-refractivity contribution < 1.29 is 24.5 Å². The number of unbranched alkanes of at least 4 members (excludes halogenated alkanes) is 23. The van der Waals surface area contributed by atoms with Gasteiger partial charge in [-0.1, -0.05) is 154 Å². The lowest BCUT2D eigenvalue weighted by atomic mass is 10.0. The number of hydrogen-bond acceptors (Lipinski definition) is 5. The van der Waals surface area contributed by atoms with Gasteiger partial charge in [-0.2, -0.15) is 0 Å². The summed E-state index contributed by atoms with van der Waals surface area (Å²) in [6.07, 6.45) is 34.1. The number of carbonyl (C=O) groups is 2. The number of Topliss-reactive ketones (excluding diaryl/α,β-unsaturated/α-hetero) is 1. The van der Waals surface area contributed by atoms with Crippen molar-refractivity contribution in [2.75, 3.05) is 6.61 Å². The zero-order valence-electron chi connectivity index (χ0n) is 27.9. The molecular formula is C37H70O5. The lowest BCUT2D eigenvalue weighted by Crippen LogP contribution is -2.40. The molecule has 0 spiro atoms. The van der Waals surface area contributed by atoms with Crippen LogP contribution in [0.1, 0.15) is 194 Å². The molecule has 0 bridgehead atoms. The highest BCUT2D eigenvalue weighted by molar-refractivity contribution is 5.86. The van der Waals surface area contributed by atoms with E-state index in [2.05, 4.69) is 26.0 Å². The molecule has 0 fully saturated rings. The number of ketones is 1. The normalized spacial score (nSPS) is 13.0. The third kappa shape index (κ3) is 27.6. The van der Waals surface area contributed by atoms with Gasteiger partial charge < -0.3 is 14.9 Å². The van der Waals surface area contributed by atoms with Crippen LogP contribution in [0.15, 0.2) is 12.2 Å². The van der Waals surface area contributed by atoms with Gasteiger partial charge in [0.15, 0.2) is 11.9 Å². The molecule has 2 atom stereocenters. The maximum atomic E-state index is 12.6. The van der Waals surface area contributed by atoms with Gasteiger partial charge in [-0.15, -0.1) is 0 Å². The molecule has 0 aliphatic heterocycles. The number of hydrogen-bond donors (Lipinski definition) is 2. The largest absolute Gasteiger partial charge is 0.451 e. The van der Waals surface area contributed by atoms with E-state index in [0.29, 0.717) is 0 Å². The van der Waals surface area contributed by atoms with Crippen molar-refractivity contribution >= 4 is 11.8 Å². The second-order valence-electron chi connectivity index (χ2n) is 12.5. The van der Waals surface area contributed by atoms with E-state index in [1.165, 1.54) is 116 Å².